The van der Waals surface area contributed by atoms with Crippen molar-refractivity contribution in [2.45, 2.75) is 6.92 Å². The molecule has 0 radical (unpaired) electrons. The summed E-state index contributed by atoms with van der Waals surface area (Å²) in [6, 6.07) is 7.50. The number of halogens is 3. The fourth-order valence-electron chi connectivity index (χ4n) is 1.65. The van der Waals surface area contributed by atoms with E-state index in [9.17, 15) is 18.0 Å². The lowest BCUT2D eigenvalue weighted by Gasteiger charge is -2.10. The molecule has 2 nitrogen and oxygen atoms in total. The Morgan fingerprint density at radius 3 is 2.32 bits per heavy atom. The van der Waals surface area contributed by atoms with Crippen molar-refractivity contribution in [3.63, 3.8) is 0 Å². The van der Waals surface area contributed by atoms with Crippen molar-refractivity contribution >= 4 is 11.6 Å². The number of para-hydroxylation sites is 1. The summed E-state index contributed by atoms with van der Waals surface area (Å²) in [6.45, 7) is 1.60. The number of carbonyl (C=O) groups excluding carboxylic acids is 1. The van der Waals surface area contributed by atoms with E-state index < -0.39 is 28.9 Å². The van der Waals surface area contributed by atoms with Crippen molar-refractivity contribution in [2.75, 3.05) is 5.32 Å². The van der Waals surface area contributed by atoms with Crippen LogP contribution in [0.1, 0.15) is 15.9 Å². The topological polar surface area (TPSA) is 29.1 Å². The zero-order chi connectivity index (χ0) is 14.0. The molecule has 2 aromatic rings. The van der Waals surface area contributed by atoms with Crippen molar-refractivity contribution < 1.29 is 18.0 Å². The highest BCUT2D eigenvalue weighted by atomic mass is 19.2. The van der Waals surface area contributed by atoms with Gasteiger partial charge in [0.2, 0.25) is 0 Å². The summed E-state index contributed by atoms with van der Waals surface area (Å²) >= 11 is 0. The molecule has 0 aliphatic carbocycles. The number of carbonyl (C=O) groups is 1. The van der Waals surface area contributed by atoms with Gasteiger partial charge < -0.3 is 5.32 Å². The number of hydrogen-bond acceptors (Lipinski definition) is 1. The number of rotatable bonds is 2. The molecular weight excluding hydrogens is 255 g/mol. The van der Waals surface area contributed by atoms with Crippen LogP contribution in [0.5, 0.6) is 0 Å². The van der Waals surface area contributed by atoms with Gasteiger partial charge in [0.25, 0.3) is 5.91 Å². The molecule has 0 bridgehead atoms. The third-order valence-corrected chi connectivity index (χ3v) is 2.66. The maximum absolute atomic E-state index is 13.5. The third-order valence-electron chi connectivity index (χ3n) is 2.66. The Morgan fingerprint density at radius 1 is 1.00 bits per heavy atom. The molecule has 1 N–H and O–H groups in total. The molecule has 0 saturated heterocycles. The number of benzene rings is 2. The first-order chi connectivity index (χ1) is 9.00. The van der Waals surface area contributed by atoms with Gasteiger partial charge in [-0.05, 0) is 30.7 Å². The Bertz CT molecular complexity index is 620. The van der Waals surface area contributed by atoms with Crippen LogP contribution in [0, 0.1) is 24.4 Å². The van der Waals surface area contributed by atoms with Gasteiger partial charge >= 0.3 is 0 Å². The first kappa shape index (κ1) is 13.1. The molecule has 0 heterocycles. The first-order valence-corrected chi connectivity index (χ1v) is 5.51. The second-order valence-electron chi connectivity index (χ2n) is 3.99. The summed E-state index contributed by atoms with van der Waals surface area (Å²) in [5, 5.41) is 2.24. The van der Waals surface area contributed by atoms with Crippen LogP contribution in [-0.2, 0) is 0 Å². The number of anilines is 1. The first-order valence-electron chi connectivity index (χ1n) is 5.51. The van der Waals surface area contributed by atoms with Crippen LogP contribution in [0.2, 0.25) is 0 Å². The number of nitrogens with one attached hydrogen (secondary N) is 1. The van der Waals surface area contributed by atoms with Crippen molar-refractivity contribution in [2.24, 2.45) is 0 Å². The van der Waals surface area contributed by atoms with E-state index in [0.717, 1.165) is 12.1 Å². The largest absolute Gasteiger partial charge is 0.319 e. The predicted molar refractivity (Wildman–Crippen MR) is 65.4 cm³/mol. The second kappa shape index (κ2) is 5.14. The molecule has 19 heavy (non-hydrogen) atoms. The summed E-state index contributed by atoms with van der Waals surface area (Å²) in [5.74, 6) is -3.91. The Morgan fingerprint density at radius 2 is 1.63 bits per heavy atom. The van der Waals surface area contributed by atoms with Gasteiger partial charge in [-0.2, -0.15) is 0 Å². The smallest absolute Gasteiger partial charge is 0.258 e. The van der Waals surface area contributed by atoms with Gasteiger partial charge in [-0.1, -0.05) is 18.2 Å². The van der Waals surface area contributed by atoms with Gasteiger partial charge in [-0.15, -0.1) is 0 Å². The minimum absolute atomic E-state index is 0.0452. The van der Waals surface area contributed by atoms with Gasteiger partial charge in [-0.25, -0.2) is 13.2 Å². The highest BCUT2D eigenvalue weighted by Gasteiger charge is 2.17. The summed E-state index contributed by atoms with van der Waals surface area (Å²) in [4.78, 5) is 11.8. The Kier molecular flexibility index (Phi) is 3.55. The predicted octanol–water partition coefficient (Wildman–Crippen LogP) is 3.66. The third kappa shape index (κ3) is 2.59. The van der Waals surface area contributed by atoms with Crippen LogP contribution in [-0.4, -0.2) is 5.91 Å². The zero-order valence-electron chi connectivity index (χ0n) is 10.0. The van der Waals surface area contributed by atoms with E-state index in [1.54, 1.807) is 13.0 Å². The molecule has 1 amide bonds. The standard InChI is InChI=1S/C14H10F3NO/c1-8-4-2-7-11(16)13(8)18-14(19)9-5-3-6-10(15)12(9)17/h2-7H,1H3,(H,18,19). The molecule has 0 atom stereocenters. The molecule has 0 aromatic heterocycles. The monoisotopic (exact) mass is 265 g/mol. The van der Waals surface area contributed by atoms with Gasteiger partial charge in [0.15, 0.2) is 11.6 Å². The maximum Gasteiger partial charge on any atom is 0.258 e. The molecule has 0 aliphatic heterocycles. The summed E-state index contributed by atoms with van der Waals surface area (Å²) in [7, 11) is 0. The van der Waals surface area contributed by atoms with E-state index in [-0.39, 0.29) is 5.69 Å². The van der Waals surface area contributed by atoms with Gasteiger partial charge in [0.05, 0.1) is 11.3 Å². The lowest BCUT2D eigenvalue weighted by Crippen LogP contribution is -2.16. The molecular formula is C14H10F3NO. The highest BCUT2D eigenvalue weighted by molar-refractivity contribution is 6.04. The molecule has 0 unspecified atom stereocenters. The fraction of sp³-hybridized carbons (Fsp3) is 0.0714. The van der Waals surface area contributed by atoms with E-state index in [0.29, 0.717) is 5.56 Å². The van der Waals surface area contributed by atoms with E-state index in [2.05, 4.69) is 5.32 Å². The average Bonchev–Trinajstić information content (AvgIpc) is 2.37. The minimum Gasteiger partial charge on any atom is -0.319 e. The quantitative estimate of drug-likeness (QED) is 0.882. The fourth-order valence-corrected chi connectivity index (χ4v) is 1.65. The highest BCUT2D eigenvalue weighted by Crippen LogP contribution is 2.20. The normalized spacial score (nSPS) is 10.3. The zero-order valence-corrected chi connectivity index (χ0v) is 10.0. The number of aryl methyl sites for hydroxylation is 1. The van der Waals surface area contributed by atoms with Crippen molar-refractivity contribution in [3.05, 3.63) is 65.0 Å². The summed E-state index contributed by atoms with van der Waals surface area (Å²) in [5.41, 5.74) is -0.0241. The summed E-state index contributed by atoms with van der Waals surface area (Å²) in [6.07, 6.45) is 0. The van der Waals surface area contributed by atoms with Gasteiger partial charge in [0, 0.05) is 0 Å². The number of amides is 1. The Labute approximate surface area is 107 Å². The summed E-state index contributed by atoms with van der Waals surface area (Å²) < 4.78 is 40.0. The van der Waals surface area contributed by atoms with E-state index >= 15 is 0 Å². The average molecular weight is 265 g/mol. The van der Waals surface area contributed by atoms with Gasteiger partial charge in [-0.3, -0.25) is 4.79 Å². The molecule has 0 saturated carbocycles. The van der Waals surface area contributed by atoms with Crippen LogP contribution in [0.4, 0.5) is 18.9 Å². The van der Waals surface area contributed by atoms with Crippen molar-refractivity contribution in [1.82, 2.24) is 0 Å². The van der Waals surface area contributed by atoms with Crippen LogP contribution < -0.4 is 5.32 Å². The molecule has 5 heteroatoms. The van der Waals surface area contributed by atoms with E-state index in [4.69, 9.17) is 0 Å². The molecule has 2 rings (SSSR count). The Hall–Kier alpha value is -2.30. The van der Waals surface area contributed by atoms with E-state index in [1.807, 2.05) is 0 Å². The Balaban J connectivity index is 2.34. The van der Waals surface area contributed by atoms with Crippen LogP contribution in [0.15, 0.2) is 36.4 Å². The van der Waals surface area contributed by atoms with Crippen molar-refractivity contribution in [1.29, 1.82) is 0 Å². The molecule has 0 spiro atoms. The van der Waals surface area contributed by atoms with Crippen LogP contribution in [0.25, 0.3) is 0 Å². The minimum atomic E-state index is -1.26. The molecule has 0 fully saturated rings. The van der Waals surface area contributed by atoms with Gasteiger partial charge in [0.1, 0.15) is 5.82 Å². The second-order valence-corrected chi connectivity index (χ2v) is 3.99. The molecule has 0 aliphatic rings. The van der Waals surface area contributed by atoms with Crippen LogP contribution in [0.3, 0.4) is 0 Å². The van der Waals surface area contributed by atoms with Crippen molar-refractivity contribution in [3.8, 4) is 0 Å². The molecule has 2 aromatic carbocycles. The maximum atomic E-state index is 13.5. The lowest BCUT2D eigenvalue weighted by molar-refractivity contribution is 0.102. The number of hydrogen-bond donors (Lipinski definition) is 1. The SMILES string of the molecule is Cc1cccc(F)c1NC(=O)c1cccc(F)c1F. The van der Waals surface area contributed by atoms with E-state index in [1.165, 1.54) is 18.2 Å². The lowest BCUT2D eigenvalue weighted by atomic mass is 10.1. The molecule has 98 valence electrons. The van der Waals surface area contributed by atoms with Crippen LogP contribution >= 0.6 is 0 Å².